The second-order valence-electron chi connectivity index (χ2n) is 6.93. The van der Waals surface area contributed by atoms with Crippen molar-refractivity contribution in [2.45, 2.75) is 18.3 Å². The molecule has 0 bridgehead atoms. The lowest BCUT2D eigenvalue weighted by Crippen LogP contribution is -2.53. The topological polar surface area (TPSA) is 73.8 Å². The second-order valence-corrected chi connectivity index (χ2v) is 8.90. The van der Waals surface area contributed by atoms with Gasteiger partial charge in [0.05, 0.1) is 24.0 Å². The van der Waals surface area contributed by atoms with E-state index in [0.717, 1.165) is 11.3 Å². The number of nitrogens with zero attached hydrogens (tertiary/aromatic N) is 4. The summed E-state index contributed by atoms with van der Waals surface area (Å²) in [6.45, 7) is 2.08. The number of carbonyl (C=O) groups excluding carboxylic acids is 1. The van der Waals surface area contributed by atoms with Crippen LogP contribution in [-0.4, -0.2) is 65.8 Å². The van der Waals surface area contributed by atoms with Gasteiger partial charge in [0.2, 0.25) is 10.0 Å². The van der Waals surface area contributed by atoms with Gasteiger partial charge >= 0.3 is 6.03 Å². The molecule has 2 saturated heterocycles. The maximum atomic E-state index is 12.8. The van der Waals surface area contributed by atoms with Gasteiger partial charge in [-0.25, -0.2) is 13.2 Å². The molecule has 8 heteroatoms. The summed E-state index contributed by atoms with van der Waals surface area (Å²) < 4.78 is 27.1. The van der Waals surface area contributed by atoms with E-state index >= 15 is 0 Å². The predicted octanol–water partition coefficient (Wildman–Crippen LogP) is 1.53. The number of aromatic nitrogens is 1. The molecule has 2 aromatic rings. The molecule has 1 atom stereocenters. The molecule has 1 aromatic carbocycles. The molecule has 0 saturated carbocycles. The fourth-order valence-electron chi connectivity index (χ4n) is 3.70. The van der Waals surface area contributed by atoms with E-state index in [1.165, 1.54) is 4.31 Å². The monoisotopic (exact) mass is 386 g/mol. The third-order valence-electron chi connectivity index (χ3n) is 5.06. The minimum Gasteiger partial charge on any atom is -0.317 e. The number of pyridine rings is 1. The van der Waals surface area contributed by atoms with Crippen LogP contribution in [-0.2, 0) is 22.3 Å². The van der Waals surface area contributed by atoms with Crippen LogP contribution in [0.1, 0.15) is 11.3 Å². The van der Waals surface area contributed by atoms with Crippen molar-refractivity contribution >= 4 is 16.1 Å². The zero-order valence-corrected chi connectivity index (χ0v) is 15.8. The number of piperazine rings is 1. The Morgan fingerprint density at radius 1 is 1.00 bits per heavy atom. The van der Waals surface area contributed by atoms with Crippen molar-refractivity contribution in [2.24, 2.45) is 0 Å². The van der Waals surface area contributed by atoms with Crippen LogP contribution < -0.4 is 0 Å². The van der Waals surface area contributed by atoms with E-state index in [0.29, 0.717) is 32.7 Å². The van der Waals surface area contributed by atoms with Gasteiger partial charge in [-0.15, -0.1) is 0 Å². The van der Waals surface area contributed by atoms with Gasteiger partial charge < -0.3 is 9.80 Å². The van der Waals surface area contributed by atoms with Crippen LogP contribution in [0.5, 0.6) is 0 Å². The summed E-state index contributed by atoms with van der Waals surface area (Å²) in [5.41, 5.74) is 1.61. The first kappa shape index (κ1) is 17.9. The number of sulfonamides is 1. The van der Waals surface area contributed by atoms with E-state index in [2.05, 4.69) is 4.98 Å². The molecule has 0 spiro atoms. The Hall–Kier alpha value is -2.45. The van der Waals surface area contributed by atoms with Gasteiger partial charge in [-0.1, -0.05) is 36.4 Å². The number of hydrogen-bond donors (Lipinski definition) is 0. The minimum atomic E-state index is -3.40. The normalized spacial score (nSPS) is 20.7. The number of carbonyl (C=O) groups is 1. The lowest BCUT2D eigenvalue weighted by Gasteiger charge is -2.35. The van der Waals surface area contributed by atoms with Gasteiger partial charge in [0.15, 0.2) is 0 Å². The van der Waals surface area contributed by atoms with Crippen LogP contribution in [0, 0.1) is 0 Å². The number of fused-ring (bicyclic) bond motifs is 1. The summed E-state index contributed by atoms with van der Waals surface area (Å²) in [4.78, 5) is 20.5. The molecule has 1 aromatic heterocycles. The molecule has 7 nitrogen and oxygen atoms in total. The quantitative estimate of drug-likeness (QED) is 0.781. The number of hydrogen-bond acceptors (Lipinski definition) is 4. The van der Waals surface area contributed by atoms with Crippen LogP contribution in [0.2, 0.25) is 0 Å². The molecule has 27 heavy (non-hydrogen) atoms. The van der Waals surface area contributed by atoms with E-state index < -0.39 is 10.0 Å². The van der Waals surface area contributed by atoms with E-state index in [1.54, 1.807) is 16.0 Å². The van der Waals surface area contributed by atoms with Gasteiger partial charge in [0.1, 0.15) is 0 Å². The SMILES string of the molecule is O=C1N(Cc2ccccn2)C[C@H]2CN(S(=O)(=O)Cc3ccccc3)CCN12. The zero-order chi connectivity index (χ0) is 18.9. The number of urea groups is 1. The first-order chi connectivity index (χ1) is 13.0. The third kappa shape index (κ3) is 3.81. The largest absolute Gasteiger partial charge is 0.320 e. The standard InChI is InChI=1S/C19H22N4O3S/c24-19-21(12-17-8-4-5-9-20-17)13-18-14-22(10-11-23(18)19)27(25,26)15-16-6-2-1-3-7-16/h1-9,18H,10-15H2/t18-/m0/s1. The highest BCUT2D eigenvalue weighted by atomic mass is 32.2. The molecule has 3 heterocycles. The van der Waals surface area contributed by atoms with Crippen molar-refractivity contribution in [2.75, 3.05) is 26.2 Å². The van der Waals surface area contributed by atoms with Crippen molar-refractivity contribution in [1.82, 2.24) is 19.1 Å². The average molecular weight is 386 g/mol. The lowest BCUT2D eigenvalue weighted by atomic mass is 10.2. The van der Waals surface area contributed by atoms with Crippen molar-refractivity contribution in [3.05, 3.63) is 66.0 Å². The molecule has 2 fully saturated rings. The molecule has 4 rings (SSSR count). The van der Waals surface area contributed by atoms with Gasteiger partial charge in [0.25, 0.3) is 0 Å². The minimum absolute atomic E-state index is 0.00778. The van der Waals surface area contributed by atoms with Gasteiger partial charge in [-0.3, -0.25) is 4.98 Å². The maximum absolute atomic E-state index is 12.8. The van der Waals surface area contributed by atoms with Crippen LogP contribution in [0.3, 0.4) is 0 Å². The van der Waals surface area contributed by atoms with Crippen molar-refractivity contribution in [3.63, 3.8) is 0 Å². The lowest BCUT2D eigenvalue weighted by molar-refractivity contribution is 0.159. The fraction of sp³-hybridized carbons (Fsp3) is 0.368. The van der Waals surface area contributed by atoms with Gasteiger partial charge in [-0.2, -0.15) is 4.31 Å². The van der Waals surface area contributed by atoms with Crippen molar-refractivity contribution in [3.8, 4) is 0 Å². The summed E-state index contributed by atoms with van der Waals surface area (Å²) >= 11 is 0. The predicted molar refractivity (Wildman–Crippen MR) is 101 cm³/mol. The summed E-state index contributed by atoms with van der Waals surface area (Å²) in [5.74, 6) is -0.00778. The Kier molecular flexibility index (Phi) is 4.84. The molecule has 0 unspecified atom stereocenters. The molecule has 2 aliphatic rings. The van der Waals surface area contributed by atoms with E-state index in [1.807, 2.05) is 48.5 Å². The smallest absolute Gasteiger partial charge is 0.317 e. The summed E-state index contributed by atoms with van der Waals surface area (Å²) in [6, 6.07) is 14.7. The molecule has 0 radical (unpaired) electrons. The molecule has 2 aliphatic heterocycles. The number of amides is 2. The van der Waals surface area contributed by atoms with E-state index in [-0.39, 0.29) is 17.8 Å². The number of benzene rings is 1. The van der Waals surface area contributed by atoms with Gasteiger partial charge in [0, 0.05) is 32.4 Å². The Labute approximate surface area is 159 Å². The summed E-state index contributed by atoms with van der Waals surface area (Å²) in [6.07, 6.45) is 1.71. The zero-order valence-electron chi connectivity index (χ0n) is 14.9. The van der Waals surface area contributed by atoms with E-state index in [9.17, 15) is 13.2 Å². The second kappa shape index (κ2) is 7.28. The van der Waals surface area contributed by atoms with Crippen LogP contribution in [0.4, 0.5) is 4.79 Å². The fourth-order valence-corrected chi connectivity index (χ4v) is 5.25. The molecule has 0 aliphatic carbocycles. The molecule has 2 amide bonds. The first-order valence-corrected chi connectivity index (χ1v) is 10.6. The van der Waals surface area contributed by atoms with Crippen LogP contribution >= 0.6 is 0 Å². The molecule has 142 valence electrons. The summed E-state index contributed by atoms with van der Waals surface area (Å²) in [7, 11) is -3.40. The first-order valence-electron chi connectivity index (χ1n) is 9.00. The highest BCUT2D eigenvalue weighted by molar-refractivity contribution is 7.88. The molecule has 0 N–H and O–H groups in total. The molecular weight excluding hydrogens is 364 g/mol. The van der Waals surface area contributed by atoms with E-state index in [4.69, 9.17) is 0 Å². The molecular formula is C19H22N4O3S. The maximum Gasteiger partial charge on any atom is 0.320 e. The van der Waals surface area contributed by atoms with Gasteiger partial charge in [-0.05, 0) is 17.7 Å². The number of rotatable bonds is 5. The average Bonchev–Trinajstić information content (AvgIpc) is 2.98. The van der Waals surface area contributed by atoms with Crippen LogP contribution in [0.25, 0.3) is 0 Å². The Morgan fingerprint density at radius 3 is 2.52 bits per heavy atom. The Morgan fingerprint density at radius 2 is 1.78 bits per heavy atom. The van der Waals surface area contributed by atoms with Crippen LogP contribution in [0.15, 0.2) is 54.7 Å². The summed E-state index contributed by atoms with van der Waals surface area (Å²) in [5, 5.41) is 0. The Balaban J connectivity index is 1.43. The Bertz CT molecular complexity index is 905. The third-order valence-corrected chi connectivity index (χ3v) is 6.87. The van der Waals surface area contributed by atoms with Crippen molar-refractivity contribution in [1.29, 1.82) is 0 Å². The highest BCUT2D eigenvalue weighted by Gasteiger charge is 2.43. The van der Waals surface area contributed by atoms with Crippen molar-refractivity contribution < 1.29 is 13.2 Å². The highest BCUT2D eigenvalue weighted by Crippen LogP contribution is 2.24.